The number of aliphatic imine (C=N–C) groups is 1. The van der Waals surface area contributed by atoms with Gasteiger partial charge in [-0.05, 0) is 69.6 Å². The summed E-state index contributed by atoms with van der Waals surface area (Å²) in [6.07, 6.45) is 2.38. The number of piperidine rings is 1. The van der Waals surface area contributed by atoms with Gasteiger partial charge >= 0.3 is 18.1 Å². The largest absolute Gasteiger partial charge is 0.494 e. The molecule has 218 valence electrons. The zero-order chi connectivity index (χ0) is 29.2. The van der Waals surface area contributed by atoms with E-state index in [1.165, 1.54) is 7.11 Å². The summed E-state index contributed by atoms with van der Waals surface area (Å²) >= 11 is 0. The summed E-state index contributed by atoms with van der Waals surface area (Å²) < 4.78 is 16.1. The fourth-order valence-electron chi connectivity index (χ4n) is 4.31. The first-order valence-corrected chi connectivity index (χ1v) is 13.7. The molecule has 0 saturated carbocycles. The number of amidine groups is 1. The third kappa shape index (κ3) is 11.1. The third-order valence-electron chi connectivity index (χ3n) is 6.81. The molecule has 1 saturated heterocycles. The first kappa shape index (κ1) is 31.9. The minimum atomic E-state index is -0.862. The number of likely N-dealkylation sites (tertiary alicyclic amines) is 1. The van der Waals surface area contributed by atoms with E-state index in [0.29, 0.717) is 37.4 Å². The molecule has 0 radical (unpaired) electrons. The first-order chi connectivity index (χ1) is 18.3. The number of alkyl carbamates (subject to hydrolysis) is 1. The van der Waals surface area contributed by atoms with Gasteiger partial charge in [-0.2, -0.15) is 4.99 Å². The number of benzene rings is 1. The van der Waals surface area contributed by atoms with Gasteiger partial charge in [-0.3, -0.25) is 0 Å². The molecule has 0 spiro atoms. The molecule has 0 aliphatic carbocycles. The second kappa shape index (κ2) is 14.7. The molecule has 1 aromatic rings. The van der Waals surface area contributed by atoms with Gasteiger partial charge in [0.1, 0.15) is 23.2 Å². The lowest BCUT2D eigenvalue weighted by Gasteiger charge is -2.34. The van der Waals surface area contributed by atoms with Crippen LogP contribution in [0, 0.1) is 17.8 Å². The summed E-state index contributed by atoms with van der Waals surface area (Å²) in [6, 6.07) is 6.35. The van der Waals surface area contributed by atoms with Gasteiger partial charge in [0, 0.05) is 25.4 Å². The van der Waals surface area contributed by atoms with Crippen LogP contribution in [0.5, 0.6) is 5.75 Å². The van der Waals surface area contributed by atoms with Gasteiger partial charge in [0.25, 0.3) is 0 Å². The van der Waals surface area contributed by atoms with Crippen molar-refractivity contribution in [3.63, 3.8) is 0 Å². The highest BCUT2D eigenvalue weighted by molar-refractivity contribution is 5.93. The molecule has 1 aliphatic heterocycles. The lowest BCUT2D eigenvalue weighted by molar-refractivity contribution is -0.143. The topological polar surface area (TPSA) is 133 Å². The Morgan fingerprint density at radius 3 is 2.26 bits per heavy atom. The number of rotatable bonds is 10. The number of hydrogen-bond acceptors (Lipinski definition) is 6. The van der Waals surface area contributed by atoms with Crippen LogP contribution in [0.3, 0.4) is 0 Å². The van der Waals surface area contributed by atoms with E-state index in [0.717, 1.165) is 30.6 Å². The van der Waals surface area contributed by atoms with E-state index in [1.807, 2.05) is 38.1 Å². The van der Waals surface area contributed by atoms with Crippen molar-refractivity contribution in [2.24, 2.45) is 28.5 Å². The maximum atomic E-state index is 12.3. The van der Waals surface area contributed by atoms with E-state index >= 15 is 0 Å². The number of hydrogen-bond donors (Lipinski definition) is 2. The van der Waals surface area contributed by atoms with Crippen molar-refractivity contribution in [1.82, 2.24) is 10.2 Å². The Hall–Kier alpha value is -3.30. The van der Waals surface area contributed by atoms with Gasteiger partial charge in [0.2, 0.25) is 0 Å². The van der Waals surface area contributed by atoms with Crippen molar-refractivity contribution in [3.8, 4) is 5.75 Å². The quantitative estimate of drug-likeness (QED) is 0.250. The molecule has 2 rings (SSSR count). The molecule has 10 nitrogen and oxygen atoms in total. The molecule has 0 unspecified atom stereocenters. The Kier molecular flexibility index (Phi) is 12.1. The van der Waals surface area contributed by atoms with Crippen molar-refractivity contribution < 1.29 is 28.6 Å². The van der Waals surface area contributed by atoms with Crippen LogP contribution >= 0.6 is 0 Å². The molecule has 1 aliphatic rings. The van der Waals surface area contributed by atoms with E-state index in [-0.39, 0.29) is 18.4 Å². The zero-order valence-electron chi connectivity index (χ0n) is 24.5. The Balaban J connectivity index is 1.79. The smallest absolute Gasteiger partial charge is 0.408 e. The molecule has 0 bridgehead atoms. The zero-order valence-corrected chi connectivity index (χ0v) is 24.5. The second-order valence-electron chi connectivity index (χ2n) is 11.5. The van der Waals surface area contributed by atoms with Gasteiger partial charge in [0.15, 0.2) is 0 Å². The summed E-state index contributed by atoms with van der Waals surface area (Å²) in [6.45, 7) is 13.3. The number of ether oxygens (including phenoxy) is 3. The predicted octanol–water partition coefficient (Wildman–Crippen LogP) is 4.55. The fourth-order valence-corrected chi connectivity index (χ4v) is 4.31. The van der Waals surface area contributed by atoms with Crippen molar-refractivity contribution >= 4 is 23.9 Å². The van der Waals surface area contributed by atoms with E-state index in [4.69, 9.17) is 19.9 Å². The molecule has 1 fully saturated rings. The van der Waals surface area contributed by atoms with Crippen LogP contribution in [-0.2, 0) is 20.7 Å². The molecule has 3 amide bonds. The third-order valence-corrected chi connectivity index (χ3v) is 6.81. The SMILES string of the molecule is COC(=O)[C@H](Cc1ccc(OCC[C@@H](C)C2CCN(C(=O)N=C(N)C(C)C)CC2)cc1)NC(=O)OC(C)(C)C. The molecular weight excluding hydrogens is 500 g/mol. The van der Waals surface area contributed by atoms with E-state index in [1.54, 1.807) is 25.7 Å². The van der Waals surface area contributed by atoms with Crippen LogP contribution in [0.2, 0.25) is 0 Å². The number of methoxy groups -OCH3 is 1. The van der Waals surface area contributed by atoms with Crippen molar-refractivity contribution in [2.75, 3.05) is 26.8 Å². The number of carbonyl (C=O) groups is 3. The fraction of sp³-hybridized carbons (Fsp3) is 0.655. The van der Waals surface area contributed by atoms with Gasteiger partial charge in [-0.1, -0.05) is 32.9 Å². The van der Waals surface area contributed by atoms with Crippen LogP contribution in [0.1, 0.15) is 66.4 Å². The summed E-state index contributed by atoms with van der Waals surface area (Å²) in [5.74, 6) is 1.62. The molecule has 1 heterocycles. The van der Waals surface area contributed by atoms with Crippen LogP contribution in [0.4, 0.5) is 9.59 Å². The standard InChI is InChI=1S/C29H46N4O6/c1-19(2)25(30)32-27(35)33-15-12-22(13-16-33)20(3)14-17-38-23-10-8-21(9-11-23)18-24(26(34)37-7)31-28(36)39-29(4,5)6/h8-11,19-20,22,24H,12-18H2,1-7H3,(H,31,36)(H2,30,32,35)/t20-,24+/m1/s1. The van der Waals surface area contributed by atoms with E-state index < -0.39 is 23.7 Å². The van der Waals surface area contributed by atoms with Crippen molar-refractivity contribution in [1.29, 1.82) is 0 Å². The van der Waals surface area contributed by atoms with Crippen LogP contribution in [0.25, 0.3) is 0 Å². The lowest BCUT2D eigenvalue weighted by atomic mass is 9.84. The maximum Gasteiger partial charge on any atom is 0.408 e. The summed E-state index contributed by atoms with van der Waals surface area (Å²) in [4.78, 5) is 42.5. The highest BCUT2D eigenvalue weighted by Gasteiger charge is 2.27. The first-order valence-electron chi connectivity index (χ1n) is 13.7. The minimum absolute atomic E-state index is 0.0562. The molecule has 3 N–H and O–H groups in total. The highest BCUT2D eigenvalue weighted by Crippen LogP contribution is 2.28. The van der Waals surface area contributed by atoms with Crippen molar-refractivity contribution in [3.05, 3.63) is 29.8 Å². The molecule has 10 heteroatoms. The molecule has 1 aromatic carbocycles. The van der Waals surface area contributed by atoms with Gasteiger partial charge in [-0.25, -0.2) is 14.4 Å². The molecular formula is C29H46N4O6. The lowest BCUT2D eigenvalue weighted by Crippen LogP contribution is -2.45. The number of nitrogens with two attached hydrogens (primary N) is 1. The second-order valence-corrected chi connectivity index (χ2v) is 11.5. The number of urea groups is 1. The Morgan fingerprint density at radius 2 is 1.72 bits per heavy atom. The highest BCUT2D eigenvalue weighted by atomic mass is 16.6. The van der Waals surface area contributed by atoms with Gasteiger partial charge < -0.3 is 30.2 Å². The number of carbonyl (C=O) groups excluding carboxylic acids is 3. The van der Waals surface area contributed by atoms with Gasteiger partial charge in [-0.15, -0.1) is 0 Å². The molecule has 39 heavy (non-hydrogen) atoms. The molecule has 2 atom stereocenters. The van der Waals surface area contributed by atoms with Crippen LogP contribution < -0.4 is 15.8 Å². The predicted molar refractivity (Wildman–Crippen MR) is 151 cm³/mol. The molecule has 0 aromatic heterocycles. The maximum absolute atomic E-state index is 12.3. The summed E-state index contributed by atoms with van der Waals surface area (Å²) in [7, 11) is 1.28. The Bertz CT molecular complexity index is 978. The minimum Gasteiger partial charge on any atom is -0.494 e. The number of esters is 1. The van der Waals surface area contributed by atoms with Crippen LogP contribution in [0.15, 0.2) is 29.3 Å². The summed E-state index contributed by atoms with van der Waals surface area (Å²) in [5, 5.41) is 2.59. The average Bonchev–Trinajstić information content (AvgIpc) is 2.87. The van der Waals surface area contributed by atoms with Crippen LogP contribution in [-0.4, -0.2) is 67.3 Å². The normalized spacial score (nSPS) is 16.4. The van der Waals surface area contributed by atoms with Gasteiger partial charge in [0.05, 0.1) is 13.7 Å². The van der Waals surface area contributed by atoms with E-state index in [9.17, 15) is 14.4 Å². The Labute approximate surface area is 232 Å². The summed E-state index contributed by atoms with van der Waals surface area (Å²) in [5.41, 5.74) is 6.01. The Morgan fingerprint density at radius 1 is 1.10 bits per heavy atom. The number of nitrogens with one attached hydrogen (secondary N) is 1. The average molecular weight is 547 g/mol. The number of amides is 3. The van der Waals surface area contributed by atoms with E-state index in [2.05, 4.69) is 17.2 Å². The monoisotopic (exact) mass is 546 g/mol. The van der Waals surface area contributed by atoms with Crippen molar-refractivity contribution in [2.45, 2.75) is 78.9 Å². The number of nitrogens with zero attached hydrogens (tertiary/aromatic N) is 2.